The van der Waals surface area contributed by atoms with Gasteiger partial charge in [-0.15, -0.1) is 0 Å². The quantitative estimate of drug-likeness (QED) is 0.0595. The molecule has 5 aromatic carbocycles. The highest BCUT2D eigenvalue weighted by atomic mass is 14.1. The lowest BCUT2D eigenvalue weighted by molar-refractivity contribution is 0.579. The van der Waals surface area contributed by atoms with Gasteiger partial charge in [0.15, 0.2) is 0 Å². The molecule has 0 saturated carbocycles. The highest BCUT2D eigenvalue weighted by molar-refractivity contribution is 6.22. The van der Waals surface area contributed by atoms with Crippen LogP contribution in [0.1, 0.15) is 141 Å². The summed E-state index contributed by atoms with van der Waals surface area (Å²) in [5, 5.41) is 10.4. The Kier molecular flexibility index (Phi) is 13.5. The fourth-order valence-corrected chi connectivity index (χ4v) is 6.88. The van der Waals surface area contributed by atoms with Crippen molar-refractivity contribution < 1.29 is 0 Å². The lowest BCUT2D eigenvalue weighted by Gasteiger charge is -2.10. The lowest BCUT2D eigenvalue weighted by atomic mass is 9.93. The third kappa shape index (κ3) is 9.40. The Bertz CT molecular complexity index is 1690. The molecule has 0 spiro atoms. The average Bonchev–Trinajstić information content (AvgIpc) is 3.09. The van der Waals surface area contributed by atoms with Crippen LogP contribution in [0.3, 0.4) is 0 Å². The SMILES string of the molecule is CCCCCCCCCCC#Cc1ccc2c(ccc3c2ccc2c4ccc(C#CCCCCCCCCCC)cc4ccc23)c1. The molecule has 0 fully saturated rings. The van der Waals surface area contributed by atoms with Crippen LogP contribution in [0, 0.1) is 23.7 Å². The van der Waals surface area contributed by atoms with Crippen LogP contribution in [0.25, 0.3) is 43.1 Å². The van der Waals surface area contributed by atoms with Gasteiger partial charge in [0.25, 0.3) is 0 Å². The smallest absolute Gasteiger partial charge is 0.0251 e. The Balaban J connectivity index is 1.21. The normalized spacial score (nSPS) is 11.2. The minimum absolute atomic E-state index is 0.998. The first-order valence-corrected chi connectivity index (χ1v) is 18.6. The maximum atomic E-state index is 3.43. The van der Waals surface area contributed by atoms with E-state index in [-0.39, 0.29) is 0 Å². The van der Waals surface area contributed by atoms with Crippen molar-refractivity contribution in [2.75, 3.05) is 0 Å². The van der Waals surface area contributed by atoms with Gasteiger partial charge < -0.3 is 0 Å². The second-order valence-electron chi connectivity index (χ2n) is 13.3. The highest BCUT2D eigenvalue weighted by Gasteiger charge is 2.08. The number of fused-ring (bicyclic) bond motifs is 7. The van der Waals surface area contributed by atoms with Gasteiger partial charge in [-0.3, -0.25) is 0 Å². The Hall–Kier alpha value is -3.74. The van der Waals surface area contributed by atoms with E-state index in [9.17, 15) is 0 Å². The molecular formula is C46H54. The third-order valence-corrected chi connectivity index (χ3v) is 9.61. The molecule has 0 saturated heterocycles. The van der Waals surface area contributed by atoms with Gasteiger partial charge in [-0.1, -0.05) is 176 Å². The zero-order valence-electron chi connectivity index (χ0n) is 28.7. The van der Waals surface area contributed by atoms with E-state index >= 15 is 0 Å². The molecule has 0 heterocycles. The molecule has 5 aromatic rings. The summed E-state index contributed by atoms with van der Waals surface area (Å²) >= 11 is 0. The summed E-state index contributed by atoms with van der Waals surface area (Å²) < 4.78 is 0. The largest absolute Gasteiger partial charge is 0.0979 e. The van der Waals surface area contributed by atoms with Crippen LogP contribution in [0.15, 0.2) is 72.8 Å². The first-order chi connectivity index (χ1) is 22.8. The molecule has 0 bridgehead atoms. The first kappa shape index (κ1) is 33.6. The van der Waals surface area contributed by atoms with E-state index in [1.54, 1.807) is 0 Å². The predicted molar refractivity (Wildman–Crippen MR) is 205 cm³/mol. The van der Waals surface area contributed by atoms with Gasteiger partial charge in [0.2, 0.25) is 0 Å². The molecule has 0 unspecified atom stereocenters. The standard InChI is InChI=1S/C46H54/c1-3-5-7-9-11-13-15-17-19-21-23-37-25-29-41-39(35-37)27-31-45-43(41)33-34-44-42-30-26-38(36-40(42)28-32-46(44)45)24-22-20-18-16-14-12-10-8-6-4-2/h25-36H,3-20H2,1-2H3. The van der Waals surface area contributed by atoms with Gasteiger partial charge in [-0.2, -0.15) is 0 Å². The third-order valence-electron chi connectivity index (χ3n) is 9.61. The van der Waals surface area contributed by atoms with Crippen molar-refractivity contribution in [1.82, 2.24) is 0 Å². The van der Waals surface area contributed by atoms with E-state index in [0.717, 1.165) is 24.0 Å². The molecule has 0 aliphatic carbocycles. The summed E-state index contributed by atoms with van der Waals surface area (Å²) in [5.41, 5.74) is 2.24. The van der Waals surface area contributed by atoms with Crippen LogP contribution in [0.2, 0.25) is 0 Å². The topological polar surface area (TPSA) is 0 Å². The number of rotatable bonds is 16. The Morgan fingerprint density at radius 3 is 1.09 bits per heavy atom. The summed E-state index contributed by atoms with van der Waals surface area (Å²) in [6.07, 6.45) is 23.5. The molecule has 0 N–H and O–H groups in total. The summed E-state index contributed by atoms with van der Waals surface area (Å²) in [5.74, 6) is 13.7. The van der Waals surface area contributed by atoms with E-state index in [1.807, 2.05) is 0 Å². The summed E-state index contributed by atoms with van der Waals surface area (Å²) in [7, 11) is 0. The van der Waals surface area contributed by atoms with Crippen LogP contribution < -0.4 is 0 Å². The molecule has 0 radical (unpaired) electrons. The Morgan fingerprint density at radius 1 is 0.348 bits per heavy atom. The van der Waals surface area contributed by atoms with Gasteiger partial charge in [-0.25, -0.2) is 0 Å². The highest BCUT2D eigenvalue weighted by Crippen LogP contribution is 2.35. The maximum Gasteiger partial charge on any atom is 0.0251 e. The second kappa shape index (κ2) is 18.4. The molecule has 238 valence electrons. The molecule has 0 aliphatic heterocycles. The van der Waals surface area contributed by atoms with Gasteiger partial charge in [0, 0.05) is 24.0 Å². The van der Waals surface area contributed by atoms with Crippen molar-refractivity contribution in [2.45, 2.75) is 129 Å². The van der Waals surface area contributed by atoms with Crippen LogP contribution in [0.5, 0.6) is 0 Å². The van der Waals surface area contributed by atoms with Crippen molar-refractivity contribution in [3.8, 4) is 23.7 Å². The van der Waals surface area contributed by atoms with E-state index < -0.39 is 0 Å². The molecule has 0 heteroatoms. The molecular weight excluding hydrogens is 553 g/mol. The summed E-state index contributed by atoms with van der Waals surface area (Å²) in [6.45, 7) is 4.56. The predicted octanol–water partition coefficient (Wildman–Crippen LogP) is 14.1. The molecule has 5 rings (SSSR count). The van der Waals surface area contributed by atoms with Gasteiger partial charge >= 0.3 is 0 Å². The minimum atomic E-state index is 0.998. The second-order valence-corrected chi connectivity index (χ2v) is 13.3. The number of hydrogen-bond donors (Lipinski definition) is 0. The monoisotopic (exact) mass is 606 g/mol. The number of benzene rings is 5. The Labute approximate surface area is 279 Å². The van der Waals surface area contributed by atoms with Crippen LogP contribution in [-0.2, 0) is 0 Å². The van der Waals surface area contributed by atoms with Gasteiger partial charge in [-0.05, 0) is 80.2 Å². The molecule has 0 nitrogen and oxygen atoms in total. The van der Waals surface area contributed by atoms with E-state index in [0.29, 0.717) is 0 Å². The molecule has 0 aromatic heterocycles. The first-order valence-electron chi connectivity index (χ1n) is 18.6. The zero-order valence-corrected chi connectivity index (χ0v) is 28.7. The molecule has 0 aliphatic rings. The minimum Gasteiger partial charge on any atom is -0.0979 e. The van der Waals surface area contributed by atoms with Crippen molar-refractivity contribution in [2.24, 2.45) is 0 Å². The maximum absolute atomic E-state index is 3.43. The fourth-order valence-electron chi connectivity index (χ4n) is 6.88. The van der Waals surface area contributed by atoms with Crippen molar-refractivity contribution in [3.63, 3.8) is 0 Å². The van der Waals surface area contributed by atoms with Crippen molar-refractivity contribution in [1.29, 1.82) is 0 Å². The lowest BCUT2D eigenvalue weighted by Crippen LogP contribution is -1.85. The van der Waals surface area contributed by atoms with Gasteiger partial charge in [0.05, 0.1) is 0 Å². The fraction of sp³-hybridized carbons (Fsp3) is 0.435. The average molecular weight is 607 g/mol. The molecule has 46 heavy (non-hydrogen) atoms. The summed E-state index contributed by atoms with van der Waals surface area (Å²) in [6, 6.07) is 27.2. The number of hydrogen-bond acceptors (Lipinski definition) is 0. The summed E-state index contributed by atoms with van der Waals surface area (Å²) in [4.78, 5) is 0. The van der Waals surface area contributed by atoms with E-state index in [1.165, 1.54) is 146 Å². The van der Waals surface area contributed by atoms with Crippen LogP contribution in [-0.4, -0.2) is 0 Å². The van der Waals surface area contributed by atoms with Crippen LogP contribution >= 0.6 is 0 Å². The Morgan fingerprint density at radius 2 is 0.674 bits per heavy atom. The number of unbranched alkanes of at least 4 members (excludes halogenated alkanes) is 16. The van der Waals surface area contributed by atoms with Crippen molar-refractivity contribution >= 4 is 43.1 Å². The van der Waals surface area contributed by atoms with Gasteiger partial charge in [0.1, 0.15) is 0 Å². The van der Waals surface area contributed by atoms with Crippen LogP contribution in [0.4, 0.5) is 0 Å². The molecule has 0 atom stereocenters. The van der Waals surface area contributed by atoms with E-state index in [4.69, 9.17) is 0 Å². The zero-order chi connectivity index (χ0) is 31.8. The van der Waals surface area contributed by atoms with Crippen molar-refractivity contribution in [3.05, 3.63) is 83.9 Å². The molecule has 0 amide bonds. The van der Waals surface area contributed by atoms with E-state index in [2.05, 4.69) is 110 Å².